The Morgan fingerprint density at radius 3 is 2.38 bits per heavy atom. The zero-order valence-electron chi connectivity index (χ0n) is 10.8. The van der Waals surface area contributed by atoms with E-state index in [4.69, 9.17) is 0 Å². The van der Waals surface area contributed by atoms with Gasteiger partial charge in [0.25, 0.3) is 0 Å². The third kappa shape index (κ3) is 4.94. The fourth-order valence-electron chi connectivity index (χ4n) is 1.71. The molecule has 1 aliphatic rings. The first-order valence-corrected chi connectivity index (χ1v) is 6.37. The number of hydrogen-bond acceptors (Lipinski definition) is 3. The van der Waals surface area contributed by atoms with Crippen molar-refractivity contribution in [2.45, 2.75) is 46.1 Å². The summed E-state index contributed by atoms with van der Waals surface area (Å²) in [4.78, 5) is 11.6. The van der Waals surface area contributed by atoms with Gasteiger partial charge in [-0.05, 0) is 25.7 Å². The lowest BCUT2D eigenvalue weighted by Gasteiger charge is -2.27. The Balaban J connectivity index is 2.14. The van der Waals surface area contributed by atoms with Crippen LogP contribution in [0, 0.1) is 5.92 Å². The van der Waals surface area contributed by atoms with E-state index >= 15 is 0 Å². The normalized spacial score (nSPS) is 19.8. The SMILES string of the molecule is CC(C)C(C)NC(=O)CNN1CCCCC1. The fourth-order valence-corrected chi connectivity index (χ4v) is 1.71. The van der Waals surface area contributed by atoms with Crippen molar-refractivity contribution in [1.82, 2.24) is 15.8 Å². The second kappa shape index (κ2) is 6.86. The van der Waals surface area contributed by atoms with Gasteiger partial charge in [-0.25, -0.2) is 10.4 Å². The lowest BCUT2D eigenvalue weighted by molar-refractivity contribution is -0.122. The van der Waals surface area contributed by atoms with E-state index in [0.29, 0.717) is 12.5 Å². The van der Waals surface area contributed by atoms with Crippen LogP contribution in [0.15, 0.2) is 0 Å². The van der Waals surface area contributed by atoms with E-state index in [1.165, 1.54) is 19.3 Å². The highest BCUT2D eigenvalue weighted by atomic mass is 16.2. The standard InChI is InChI=1S/C12H25N3O/c1-10(2)11(3)14-12(16)9-13-15-7-5-4-6-8-15/h10-11,13H,4-9H2,1-3H3,(H,14,16). The molecular formula is C12H25N3O. The largest absolute Gasteiger partial charge is 0.352 e. The summed E-state index contributed by atoms with van der Waals surface area (Å²) in [7, 11) is 0. The molecule has 94 valence electrons. The molecule has 0 aliphatic carbocycles. The molecule has 1 rings (SSSR count). The molecule has 0 radical (unpaired) electrons. The molecular weight excluding hydrogens is 202 g/mol. The van der Waals surface area contributed by atoms with Gasteiger partial charge in [0.15, 0.2) is 0 Å². The maximum Gasteiger partial charge on any atom is 0.235 e. The van der Waals surface area contributed by atoms with Crippen LogP contribution in [0.25, 0.3) is 0 Å². The first-order valence-electron chi connectivity index (χ1n) is 6.37. The lowest BCUT2D eigenvalue weighted by Crippen LogP contribution is -2.48. The number of carbonyl (C=O) groups is 1. The van der Waals surface area contributed by atoms with Crippen LogP contribution in [0.5, 0.6) is 0 Å². The minimum absolute atomic E-state index is 0.0896. The highest BCUT2D eigenvalue weighted by Crippen LogP contribution is 2.05. The second-order valence-corrected chi connectivity index (χ2v) is 4.98. The molecule has 1 aliphatic heterocycles. The van der Waals surface area contributed by atoms with Crippen molar-refractivity contribution in [3.05, 3.63) is 0 Å². The van der Waals surface area contributed by atoms with Gasteiger partial charge < -0.3 is 5.32 Å². The Hall–Kier alpha value is -0.610. The first kappa shape index (κ1) is 13.5. The summed E-state index contributed by atoms with van der Waals surface area (Å²) in [6, 6.07) is 0.246. The van der Waals surface area contributed by atoms with Gasteiger partial charge in [0.2, 0.25) is 5.91 Å². The van der Waals surface area contributed by atoms with E-state index in [1.807, 2.05) is 6.92 Å². The van der Waals surface area contributed by atoms with Crippen LogP contribution >= 0.6 is 0 Å². The van der Waals surface area contributed by atoms with Gasteiger partial charge in [-0.3, -0.25) is 4.79 Å². The van der Waals surface area contributed by atoms with Gasteiger partial charge in [-0.1, -0.05) is 20.3 Å². The molecule has 0 aromatic heterocycles. The van der Waals surface area contributed by atoms with Crippen molar-refractivity contribution in [3.63, 3.8) is 0 Å². The topological polar surface area (TPSA) is 44.4 Å². The van der Waals surface area contributed by atoms with Crippen LogP contribution in [0.3, 0.4) is 0 Å². The molecule has 1 saturated heterocycles. The van der Waals surface area contributed by atoms with Crippen molar-refractivity contribution >= 4 is 5.91 Å². The quantitative estimate of drug-likeness (QED) is 0.740. The minimum atomic E-state index is 0.0896. The number of hydrazine groups is 1. The van der Waals surface area contributed by atoms with Gasteiger partial charge >= 0.3 is 0 Å². The third-order valence-corrected chi connectivity index (χ3v) is 3.21. The van der Waals surface area contributed by atoms with Crippen molar-refractivity contribution in [2.75, 3.05) is 19.6 Å². The van der Waals surface area contributed by atoms with Crippen molar-refractivity contribution < 1.29 is 4.79 Å². The predicted octanol–water partition coefficient (Wildman–Crippen LogP) is 1.14. The van der Waals surface area contributed by atoms with E-state index < -0.39 is 0 Å². The summed E-state index contributed by atoms with van der Waals surface area (Å²) in [5.41, 5.74) is 3.19. The van der Waals surface area contributed by atoms with Crippen molar-refractivity contribution in [2.24, 2.45) is 5.92 Å². The fraction of sp³-hybridized carbons (Fsp3) is 0.917. The Morgan fingerprint density at radius 2 is 1.81 bits per heavy atom. The maximum absolute atomic E-state index is 11.6. The van der Waals surface area contributed by atoms with Crippen molar-refractivity contribution in [3.8, 4) is 0 Å². The smallest absolute Gasteiger partial charge is 0.235 e. The summed E-state index contributed by atoms with van der Waals surface area (Å²) in [5, 5.41) is 5.15. The number of piperidine rings is 1. The highest BCUT2D eigenvalue weighted by molar-refractivity contribution is 5.78. The predicted molar refractivity (Wildman–Crippen MR) is 65.9 cm³/mol. The molecule has 4 nitrogen and oxygen atoms in total. The Morgan fingerprint density at radius 1 is 1.19 bits per heavy atom. The monoisotopic (exact) mass is 227 g/mol. The van der Waals surface area contributed by atoms with Gasteiger partial charge in [-0.15, -0.1) is 0 Å². The van der Waals surface area contributed by atoms with Crippen LogP contribution < -0.4 is 10.7 Å². The second-order valence-electron chi connectivity index (χ2n) is 4.98. The first-order chi connectivity index (χ1) is 7.59. The highest BCUT2D eigenvalue weighted by Gasteiger charge is 2.13. The summed E-state index contributed by atoms with van der Waals surface area (Å²) in [6.07, 6.45) is 3.78. The number of hydrogen-bond donors (Lipinski definition) is 2. The maximum atomic E-state index is 11.6. The zero-order chi connectivity index (χ0) is 12.0. The number of nitrogens with one attached hydrogen (secondary N) is 2. The molecule has 0 aromatic rings. The van der Waals surface area contributed by atoms with Gasteiger partial charge in [-0.2, -0.15) is 0 Å². The van der Waals surface area contributed by atoms with Crippen LogP contribution in [-0.4, -0.2) is 36.6 Å². The molecule has 0 saturated carbocycles. The van der Waals surface area contributed by atoms with Gasteiger partial charge in [0.05, 0.1) is 6.54 Å². The average Bonchev–Trinajstić information content (AvgIpc) is 2.27. The van der Waals surface area contributed by atoms with Crippen LogP contribution in [0.4, 0.5) is 0 Å². The number of nitrogens with zero attached hydrogens (tertiary/aromatic N) is 1. The molecule has 4 heteroatoms. The van der Waals surface area contributed by atoms with Crippen molar-refractivity contribution in [1.29, 1.82) is 0 Å². The molecule has 0 spiro atoms. The molecule has 0 bridgehead atoms. The summed E-state index contributed by atoms with van der Waals surface area (Å²) < 4.78 is 0. The number of rotatable bonds is 5. The van der Waals surface area contributed by atoms with E-state index in [9.17, 15) is 4.79 Å². The number of amides is 1. The molecule has 16 heavy (non-hydrogen) atoms. The van der Waals surface area contributed by atoms with Gasteiger partial charge in [0, 0.05) is 19.1 Å². The summed E-state index contributed by atoms with van der Waals surface area (Å²) >= 11 is 0. The molecule has 1 unspecified atom stereocenters. The molecule has 1 fully saturated rings. The van der Waals surface area contributed by atoms with E-state index in [1.54, 1.807) is 0 Å². The van der Waals surface area contributed by atoms with E-state index in [0.717, 1.165) is 13.1 Å². The van der Waals surface area contributed by atoms with Gasteiger partial charge in [0.1, 0.15) is 0 Å². The number of carbonyl (C=O) groups excluding carboxylic acids is 1. The van der Waals surface area contributed by atoms with Crippen LogP contribution in [0.2, 0.25) is 0 Å². The Labute approximate surface area is 98.7 Å². The summed E-state index contributed by atoms with van der Waals surface area (Å²) in [6.45, 7) is 8.80. The summed E-state index contributed by atoms with van der Waals surface area (Å²) in [5.74, 6) is 0.575. The molecule has 1 heterocycles. The van der Waals surface area contributed by atoms with E-state index in [-0.39, 0.29) is 11.9 Å². The Kier molecular flexibility index (Phi) is 5.77. The Bertz CT molecular complexity index is 212. The average molecular weight is 227 g/mol. The molecule has 2 N–H and O–H groups in total. The molecule has 1 atom stereocenters. The van der Waals surface area contributed by atoms with Crippen LogP contribution in [0.1, 0.15) is 40.0 Å². The molecule has 0 aromatic carbocycles. The minimum Gasteiger partial charge on any atom is -0.352 e. The third-order valence-electron chi connectivity index (χ3n) is 3.21. The lowest BCUT2D eigenvalue weighted by atomic mass is 10.1. The zero-order valence-corrected chi connectivity index (χ0v) is 10.8. The molecule has 1 amide bonds. The van der Waals surface area contributed by atoms with E-state index in [2.05, 4.69) is 29.6 Å². The van der Waals surface area contributed by atoms with Crippen LogP contribution in [-0.2, 0) is 4.79 Å².